The second-order valence-corrected chi connectivity index (χ2v) is 7.96. The van der Waals surface area contributed by atoms with Crippen LogP contribution in [0.4, 0.5) is 16.8 Å². The Morgan fingerprint density at radius 2 is 1.85 bits per heavy atom. The number of nitrogens with zero attached hydrogens (tertiary/aromatic N) is 3. The molecule has 0 amide bonds. The fraction of sp³-hybridized carbons (Fsp3) is 0.125. The van der Waals surface area contributed by atoms with Crippen LogP contribution in [-0.2, 0) is 16.4 Å². The van der Waals surface area contributed by atoms with Gasteiger partial charge in [-0.15, -0.1) is 0 Å². The molecule has 11 heteroatoms. The predicted molar refractivity (Wildman–Crippen MR) is 101 cm³/mol. The van der Waals surface area contributed by atoms with Gasteiger partial charge in [0.25, 0.3) is 10.0 Å². The number of carboxylic acid groups (broad SMARTS) is 1. The van der Waals surface area contributed by atoms with Crippen LogP contribution in [0.15, 0.2) is 47.6 Å². The average Bonchev–Trinajstić information content (AvgIpc) is 3.06. The molecule has 0 aliphatic rings. The van der Waals surface area contributed by atoms with E-state index in [-0.39, 0.29) is 15.7 Å². The number of nitrogens with one attached hydrogen (secondary N) is 2. The molecule has 2 heterocycles. The monoisotopic (exact) mass is 405 g/mol. The molecule has 2 aromatic heterocycles. The minimum absolute atomic E-state index is 0.0178. The summed E-state index contributed by atoms with van der Waals surface area (Å²) >= 11 is 1.03. The summed E-state index contributed by atoms with van der Waals surface area (Å²) in [5.74, 6) is -1.04. The number of aromatic nitrogens is 3. The van der Waals surface area contributed by atoms with Crippen molar-refractivity contribution in [2.45, 2.75) is 18.2 Å². The number of benzene rings is 1. The van der Waals surface area contributed by atoms with Crippen LogP contribution in [0.1, 0.15) is 22.3 Å². The summed E-state index contributed by atoms with van der Waals surface area (Å²) in [6, 6.07) is 7.54. The Morgan fingerprint density at radius 3 is 2.41 bits per heavy atom. The van der Waals surface area contributed by atoms with Gasteiger partial charge in [0.1, 0.15) is 4.88 Å². The zero-order valence-electron chi connectivity index (χ0n) is 14.1. The first kappa shape index (κ1) is 18.7. The number of hydrogen-bond donors (Lipinski definition) is 3. The molecule has 0 spiro atoms. The Labute approximate surface area is 159 Å². The van der Waals surface area contributed by atoms with Gasteiger partial charge in [0.05, 0.1) is 10.6 Å². The lowest BCUT2D eigenvalue weighted by molar-refractivity contribution is 0.0700. The summed E-state index contributed by atoms with van der Waals surface area (Å²) < 4.78 is 27.0. The number of aromatic carboxylic acids is 1. The molecule has 0 unspecified atom stereocenters. The molecule has 0 fully saturated rings. The molecule has 0 aliphatic carbocycles. The quantitative estimate of drug-likeness (QED) is 0.546. The van der Waals surface area contributed by atoms with Crippen LogP contribution >= 0.6 is 11.3 Å². The number of thiazole rings is 1. The van der Waals surface area contributed by atoms with E-state index in [0.29, 0.717) is 22.9 Å². The van der Waals surface area contributed by atoms with Crippen molar-refractivity contribution in [3.8, 4) is 0 Å². The van der Waals surface area contributed by atoms with Crippen LogP contribution in [0.3, 0.4) is 0 Å². The van der Waals surface area contributed by atoms with Crippen molar-refractivity contribution >= 4 is 44.1 Å². The van der Waals surface area contributed by atoms with E-state index in [0.717, 1.165) is 11.3 Å². The lowest BCUT2D eigenvalue weighted by atomic mass is 10.3. The molecule has 140 valence electrons. The maximum absolute atomic E-state index is 12.3. The molecule has 0 radical (unpaired) electrons. The van der Waals surface area contributed by atoms with Crippen molar-refractivity contribution in [2.75, 3.05) is 10.0 Å². The maximum Gasteiger partial charge on any atom is 0.347 e. The molecule has 0 saturated carbocycles. The summed E-state index contributed by atoms with van der Waals surface area (Å²) in [5.41, 5.74) is 1.08. The first-order valence-electron chi connectivity index (χ1n) is 7.79. The number of carbonyl (C=O) groups is 1. The van der Waals surface area contributed by atoms with Crippen molar-refractivity contribution < 1.29 is 18.3 Å². The SMILES string of the molecule is CCc1nc(Nc2ccc(S(=O)(=O)Nc3ncccn3)cc2)sc1C(=O)O. The van der Waals surface area contributed by atoms with Gasteiger partial charge in [-0.2, -0.15) is 0 Å². The van der Waals surface area contributed by atoms with E-state index >= 15 is 0 Å². The number of carboxylic acids is 1. The average molecular weight is 405 g/mol. The molecule has 3 N–H and O–H groups in total. The molecule has 3 aromatic rings. The zero-order valence-corrected chi connectivity index (χ0v) is 15.7. The summed E-state index contributed by atoms with van der Waals surface area (Å²) in [4.78, 5) is 23.3. The first-order chi connectivity index (χ1) is 12.9. The predicted octanol–water partition coefficient (Wildman–Crippen LogP) is 2.74. The second kappa shape index (κ2) is 7.68. The van der Waals surface area contributed by atoms with Crippen LogP contribution in [0.5, 0.6) is 0 Å². The first-order valence-corrected chi connectivity index (χ1v) is 10.1. The molecule has 0 bridgehead atoms. The van der Waals surface area contributed by atoms with Gasteiger partial charge in [0.2, 0.25) is 5.95 Å². The molecule has 0 aliphatic heterocycles. The maximum atomic E-state index is 12.3. The second-order valence-electron chi connectivity index (χ2n) is 5.28. The molecule has 3 rings (SSSR count). The van der Waals surface area contributed by atoms with E-state index in [1.54, 1.807) is 18.2 Å². The van der Waals surface area contributed by atoms with E-state index in [1.807, 2.05) is 6.92 Å². The minimum atomic E-state index is -3.81. The summed E-state index contributed by atoms with van der Waals surface area (Å²) in [7, 11) is -3.81. The van der Waals surface area contributed by atoms with E-state index in [4.69, 9.17) is 0 Å². The highest BCUT2D eigenvalue weighted by atomic mass is 32.2. The molecular formula is C16H15N5O4S2. The topological polar surface area (TPSA) is 134 Å². The number of aryl methyl sites for hydroxylation is 1. The lowest BCUT2D eigenvalue weighted by Gasteiger charge is -2.07. The highest BCUT2D eigenvalue weighted by Crippen LogP contribution is 2.27. The lowest BCUT2D eigenvalue weighted by Crippen LogP contribution is -2.14. The number of anilines is 3. The largest absolute Gasteiger partial charge is 0.477 e. The van der Waals surface area contributed by atoms with E-state index in [1.165, 1.54) is 24.5 Å². The third-order valence-corrected chi connectivity index (χ3v) is 5.78. The third-order valence-electron chi connectivity index (χ3n) is 3.43. The Balaban J connectivity index is 1.76. The van der Waals surface area contributed by atoms with Crippen molar-refractivity contribution in [3.05, 3.63) is 53.3 Å². The number of hydrogen-bond acceptors (Lipinski definition) is 8. The molecule has 0 saturated heterocycles. The van der Waals surface area contributed by atoms with Crippen molar-refractivity contribution in [2.24, 2.45) is 0 Å². The summed E-state index contributed by atoms with van der Waals surface area (Å²) in [5, 5.41) is 12.6. The van der Waals surface area contributed by atoms with Gasteiger partial charge >= 0.3 is 5.97 Å². The van der Waals surface area contributed by atoms with Crippen molar-refractivity contribution in [1.82, 2.24) is 15.0 Å². The Kier molecular flexibility index (Phi) is 5.33. The number of rotatable bonds is 7. The fourth-order valence-corrected chi connectivity index (χ4v) is 4.05. The van der Waals surface area contributed by atoms with E-state index in [2.05, 4.69) is 25.0 Å². The normalized spacial score (nSPS) is 11.1. The van der Waals surface area contributed by atoms with Gasteiger partial charge in [-0.3, -0.25) is 0 Å². The van der Waals surface area contributed by atoms with Gasteiger partial charge in [-0.25, -0.2) is 32.9 Å². The van der Waals surface area contributed by atoms with Gasteiger partial charge in [-0.1, -0.05) is 18.3 Å². The van der Waals surface area contributed by atoms with E-state index in [9.17, 15) is 18.3 Å². The summed E-state index contributed by atoms with van der Waals surface area (Å²) in [6.07, 6.45) is 3.37. The molecule has 0 atom stereocenters. The van der Waals surface area contributed by atoms with Gasteiger partial charge in [-0.05, 0) is 36.8 Å². The highest BCUT2D eigenvalue weighted by molar-refractivity contribution is 7.92. The van der Waals surface area contributed by atoms with Crippen LogP contribution in [0.2, 0.25) is 0 Å². The molecular weight excluding hydrogens is 390 g/mol. The fourth-order valence-electron chi connectivity index (χ4n) is 2.18. The van der Waals surface area contributed by atoms with Crippen LogP contribution in [-0.4, -0.2) is 34.4 Å². The van der Waals surface area contributed by atoms with Crippen LogP contribution in [0.25, 0.3) is 0 Å². The standard InChI is InChI=1S/C16H15N5O4S2/c1-2-12-13(14(22)23)26-16(20-12)19-10-4-6-11(7-5-10)27(24,25)21-15-17-8-3-9-18-15/h3-9H,2H2,1H3,(H,19,20)(H,22,23)(H,17,18,21). The number of sulfonamides is 1. The van der Waals surface area contributed by atoms with Gasteiger partial charge in [0, 0.05) is 18.1 Å². The summed E-state index contributed by atoms with van der Waals surface area (Å²) in [6.45, 7) is 1.83. The van der Waals surface area contributed by atoms with Crippen molar-refractivity contribution in [3.63, 3.8) is 0 Å². The van der Waals surface area contributed by atoms with Crippen molar-refractivity contribution in [1.29, 1.82) is 0 Å². The zero-order chi connectivity index (χ0) is 19.4. The Hall–Kier alpha value is -3.05. The van der Waals surface area contributed by atoms with Gasteiger partial charge in [0.15, 0.2) is 5.13 Å². The molecule has 27 heavy (non-hydrogen) atoms. The Bertz CT molecular complexity index is 1050. The van der Waals surface area contributed by atoms with Crippen LogP contribution < -0.4 is 10.0 Å². The smallest absolute Gasteiger partial charge is 0.347 e. The Morgan fingerprint density at radius 1 is 1.19 bits per heavy atom. The molecule has 9 nitrogen and oxygen atoms in total. The van der Waals surface area contributed by atoms with E-state index < -0.39 is 16.0 Å². The third kappa shape index (κ3) is 4.38. The molecule has 1 aromatic carbocycles. The highest BCUT2D eigenvalue weighted by Gasteiger charge is 2.17. The minimum Gasteiger partial charge on any atom is -0.477 e. The van der Waals surface area contributed by atoms with Gasteiger partial charge < -0.3 is 10.4 Å². The van der Waals surface area contributed by atoms with Crippen LogP contribution in [0, 0.1) is 0 Å².